The molecule has 0 aromatic carbocycles. The van der Waals surface area contributed by atoms with Gasteiger partial charge in [-0.15, -0.1) is 0 Å². The molecule has 0 radical (unpaired) electrons. The van der Waals surface area contributed by atoms with Crippen molar-refractivity contribution in [2.24, 2.45) is 0 Å². The van der Waals surface area contributed by atoms with E-state index in [-0.39, 0.29) is 5.91 Å². The summed E-state index contributed by atoms with van der Waals surface area (Å²) in [6, 6.07) is 0. The largest absolute Gasteiger partial charge is 0.477 e. The van der Waals surface area contributed by atoms with E-state index in [9.17, 15) is 4.79 Å². The van der Waals surface area contributed by atoms with Crippen LogP contribution in [0.4, 0.5) is 0 Å². The molecule has 96 valence electrons. The molecular formula is C14H18N2O2. The lowest BCUT2D eigenvalue weighted by Gasteiger charge is -2.14. The van der Waals surface area contributed by atoms with E-state index in [1.165, 1.54) is 23.1 Å². The van der Waals surface area contributed by atoms with Crippen molar-refractivity contribution < 1.29 is 9.53 Å². The van der Waals surface area contributed by atoms with Gasteiger partial charge in [-0.3, -0.25) is 4.79 Å². The molecule has 0 bridgehead atoms. The SMILES string of the molecule is CC(=O)NCCC1CCc2cnc3c(c21)CCO3. The van der Waals surface area contributed by atoms with E-state index in [2.05, 4.69) is 10.3 Å². The fraction of sp³-hybridized carbons (Fsp3) is 0.571. The molecule has 1 amide bonds. The summed E-state index contributed by atoms with van der Waals surface area (Å²) in [5.41, 5.74) is 4.16. The molecule has 1 aliphatic heterocycles. The van der Waals surface area contributed by atoms with Crippen molar-refractivity contribution in [3.8, 4) is 5.88 Å². The summed E-state index contributed by atoms with van der Waals surface area (Å²) >= 11 is 0. The molecule has 4 nitrogen and oxygen atoms in total. The molecule has 1 atom stereocenters. The highest BCUT2D eigenvalue weighted by molar-refractivity contribution is 5.72. The maximum Gasteiger partial charge on any atom is 0.216 e. The minimum absolute atomic E-state index is 0.0523. The van der Waals surface area contributed by atoms with Crippen molar-refractivity contribution in [3.05, 3.63) is 22.9 Å². The van der Waals surface area contributed by atoms with Gasteiger partial charge in [-0.05, 0) is 36.3 Å². The number of fused-ring (bicyclic) bond motifs is 3. The Morgan fingerprint density at radius 2 is 2.44 bits per heavy atom. The molecular weight excluding hydrogens is 228 g/mol. The average Bonchev–Trinajstić information content (AvgIpc) is 2.93. The molecule has 1 aromatic rings. The zero-order chi connectivity index (χ0) is 12.5. The van der Waals surface area contributed by atoms with Crippen LogP contribution in [-0.4, -0.2) is 24.0 Å². The van der Waals surface area contributed by atoms with E-state index in [4.69, 9.17) is 4.74 Å². The molecule has 4 heteroatoms. The van der Waals surface area contributed by atoms with Gasteiger partial charge < -0.3 is 10.1 Å². The lowest BCUT2D eigenvalue weighted by Crippen LogP contribution is -2.22. The van der Waals surface area contributed by atoms with E-state index in [1.54, 1.807) is 6.92 Å². The van der Waals surface area contributed by atoms with Crippen LogP contribution in [0.2, 0.25) is 0 Å². The zero-order valence-electron chi connectivity index (χ0n) is 10.7. The van der Waals surface area contributed by atoms with Gasteiger partial charge in [0.15, 0.2) is 0 Å². The Balaban J connectivity index is 1.78. The monoisotopic (exact) mass is 246 g/mol. The fourth-order valence-corrected chi connectivity index (χ4v) is 3.10. The third-order valence-corrected chi connectivity index (χ3v) is 3.89. The van der Waals surface area contributed by atoms with E-state index < -0.39 is 0 Å². The predicted octanol–water partition coefficient (Wildman–Crippen LogP) is 1.57. The smallest absolute Gasteiger partial charge is 0.216 e. The summed E-state index contributed by atoms with van der Waals surface area (Å²) in [6.45, 7) is 3.09. The summed E-state index contributed by atoms with van der Waals surface area (Å²) in [5.74, 6) is 1.45. The molecule has 2 heterocycles. The van der Waals surface area contributed by atoms with Crippen LogP contribution < -0.4 is 10.1 Å². The molecule has 2 aliphatic rings. The van der Waals surface area contributed by atoms with Gasteiger partial charge in [0.1, 0.15) is 0 Å². The van der Waals surface area contributed by atoms with E-state index in [1.807, 2.05) is 6.20 Å². The van der Waals surface area contributed by atoms with Gasteiger partial charge in [-0.2, -0.15) is 0 Å². The second-order valence-electron chi connectivity index (χ2n) is 5.09. The van der Waals surface area contributed by atoms with Crippen LogP contribution in [0.15, 0.2) is 6.20 Å². The number of hydrogen-bond donors (Lipinski definition) is 1. The molecule has 1 unspecified atom stereocenters. The van der Waals surface area contributed by atoms with Crippen molar-refractivity contribution in [1.82, 2.24) is 10.3 Å². The zero-order valence-corrected chi connectivity index (χ0v) is 10.7. The number of amides is 1. The van der Waals surface area contributed by atoms with Crippen LogP contribution in [0.5, 0.6) is 5.88 Å². The van der Waals surface area contributed by atoms with Gasteiger partial charge in [0.25, 0.3) is 0 Å². The van der Waals surface area contributed by atoms with Crippen molar-refractivity contribution in [2.45, 2.75) is 38.5 Å². The standard InChI is InChI=1S/C14H18N2O2/c1-9(17)15-6-4-10-2-3-11-8-16-14-12(13(10)11)5-7-18-14/h8,10H,2-7H2,1H3,(H,15,17). The highest BCUT2D eigenvalue weighted by Crippen LogP contribution is 2.41. The first-order chi connectivity index (χ1) is 8.75. The molecule has 0 saturated carbocycles. The van der Waals surface area contributed by atoms with Crippen LogP contribution in [0.1, 0.15) is 42.4 Å². The number of carbonyl (C=O) groups is 1. The first-order valence-electron chi connectivity index (χ1n) is 6.63. The predicted molar refractivity (Wildman–Crippen MR) is 67.8 cm³/mol. The number of rotatable bonds is 3. The maximum atomic E-state index is 10.9. The first kappa shape index (κ1) is 11.5. The maximum absolute atomic E-state index is 10.9. The Bertz CT molecular complexity index is 485. The Morgan fingerprint density at radius 3 is 3.28 bits per heavy atom. The Labute approximate surface area is 107 Å². The first-order valence-corrected chi connectivity index (χ1v) is 6.63. The average molecular weight is 246 g/mol. The van der Waals surface area contributed by atoms with Gasteiger partial charge in [0.2, 0.25) is 11.8 Å². The van der Waals surface area contributed by atoms with Crippen molar-refractivity contribution >= 4 is 5.91 Å². The van der Waals surface area contributed by atoms with Crippen LogP contribution in [0, 0.1) is 0 Å². The number of carbonyl (C=O) groups excluding carboxylic acids is 1. The molecule has 1 aliphatic carbocycles. The summed E-state index contributed by atoms with van der Waals surface area (Å²) in [6.07, 6.45) is 6.26. The van der Waals surface area contributed by atoms with E-state index in [0.29, 0.717) is 5.92 Å². The summed E-state index contributed by atoms with van der Waals surface area (Å²) in [7, 11) is 0. The summed E-state index contributed by atoms with van der Waals surface area (Å²) < 4.78 is 5.53. The Kier molecular flexibility index (Phi) is 2.94. The normalized spacial score (nSPS) is 20.2. The minimum atomic E-state index is 0.0523. The Morgan fingerprint density at radius 1 is 1.56 bits per heavy atom. The van der Waals surface area contributed by atoms with Crippen LogP contribution >= 0.6 is 0 Å². The van der Waals surface area contributed by atoms with Gasteiger partial charge in [0.05, 0.1) is 6.61 Å². The van der Waals surface area contributed by atoms with Gasteiger partial charge in [-0.25, -0.2) is 4.98 Å². The van der Waals surface area contributed by atoms with Crippen LogP contribution in [0.25, 0.3) is 0 Å². The summed E-state index contributed by atoms with van der Waals surface area (Å²) in [5, 5.41) is 2.89. The Hall–Kier alpha value is -1.58. The molecule has 1 aromatic heterocycles. The number of hydrogen-bond acceptors (Lipinski definition) is 3. The van der Waals surface area contributed by atoms with E-state index >= 15 is 0 Å². The van der Waals surface area contributed by atoms with Crippen molar-refractivity contribution in [2.75, 3.05) is 13.2 Å². The molecule has 1 N–H and O–H groups in total. The minimum Gasteiger partial charge on any atom is -0.477 e. The lowest BCUT2D eigenvalue weighted by atomic mass is 9.93. The third-order valence-electron chi connectivity index (χ3n) is 3.89. The van der Waals surface area contributed by atoms with Crippen molar-refractivity contribution in [3.63, 3.8) is 0 Å². The topological polar surface area (TPSA) is 51.2 Å². The second-order valence-corrected chi connectivity index (χ2v) is 5.09. The molecule has 3 rings (SSSR count). The van der Waals surface area contributed by atoms with Gasteiger partial charge in [-0.1, -0.05) is 0 Å². The molecule has 0 fully saturated rings. The molecule has 18 heavy (non-hydrogen) atoms. The number of nitrogens with zero attached hydrogens (tertiary/aromatic N) is 1. The van der Waals surface area contributed by atoms with Crippen LogP contribution in [0.3, 0.4) is 0 Å². The molecule has 0 saturated heterocycles. The highest BCUT2D eigenvalue weighted by atomic mass is 16.5. The van der Waals surface area contributed by atoms with Crippen LogP contribution in [-0.2, 0) is 17.6 Å². The highest BCUT2D eigenvalue weighted by Gasteiger charge is 2.29. The summed E-state index contributed by atoms with van der Waals surface area (Å²) in [4.78, 5) is 15.3. The lowest BCUT2D eigenvalue weighted by molar-refractivity contribution is -0.118. The number of nitrogens with one attached hydrogen (secondary N) is 1. The fourth-order valence-electron chi connectivity index (χ4n) is 3.10. The number of pyridine rings is 1. The number of aryl methyl sites for hydroxylation is 1. The quantitative estimate of drug-likeness (QED) is 0.880. The van der Waals surface area contributed by atoms with E-state index in [0.717, 1.165) is 38.3 Å². The number of ether oxygens (including phenoxy) is 1. The van der Waals surface area contributed by atoms with Gasteiger partial charge in [0, 0.05) is 31.6 Å². The third kappa shape index (κ3) is 1.96. The second kappa shape index (κ2) is 4.59. The number of aromatic nitrogens is 1. The van der Waals surface area contributed by atoms with Gasteiger partial charge >= 0.3 is 0 Å². The molecule has 0 spiro atoms. The van der Waals surface area contributed by atoms with Crippen molar-refractivity contribution in [1.29, 1.82) is 0 Å².